The molecule has 3 N–H and O–H groups in total. The number of benzene rings is 1. The van der Waals surface area contributed by atoms with Crippen molar-refractivity contribution in [3.8, 4) is 0 Å². The Balaban J connectivity index is 2.07. The molecule has 0 saturated heterocycles. The van der Waals surface area contributed by atoms with Crippen LogP contribution in [0.3, 0.4) is 0 Å². The minimum absolute atomic E-state index is 0.175. The molecule has 1 amide bonds. The Bertz CT molecular complexity index is 698. The van der Waals surface area contributed by atoms with Crippen LogP contribution >= 0.6 is 15.9 Å². The summed E-state index contributed by atoms with van der Waals surface area (Å²) in [5.41, 5.74) is 1.74. The summed E-state index contributed by atoms with van der Waals surface area (Å²) in [5.74, 6) is -1.10. The van der Waals surface area contributed by atoms with Crippen molar-refractivity contribution in [2.45, 2.75) is 32.2 Å². The number of carbonyl (C=O) groups excluding carboxylic acids is 1. The second kappa shape index (κ2) is 8.01. The largest absolute Gasteiger partial charge is 0.480 e. The van der Waals surface area contributed by atoms with Gasteiger partial charge in [0.15, 0.2) is 0 Å². The summed E-state index contributed by atoms with van der Waals surface area (Å²) >= 11 is 3.40. The maximum atomic E-state index is 11.7. The van der Waals surface area contributed by atoms with Gasteiger partial charge in [-0.15, -0.1) is 0 Å². The zero-order valence-corrected chi connectivity index (χ0v) is 14.4. The van der Waals surface area contributed by atoms with Gasteiger partial charge in [0, 0.05) is 28.0 Å². The van der Waals surface area contributed by atoms with Gasteiger partial charge < -0.3 is 20.1 Å². The second-order valence-electron chi connectivity index (χ2n) is 5.23. The van der Waals surface area contributed by atoms with Gasteiger partial charge in [0.1, 0.15) is 6.04 Å². The summed E-state index contributed by atoms with van der Waals surface area (Å²) in [6, 6.07) is 4.69. The molecular formula is C16H19BrN2O4. The summed E-state index contributed by atoms with van der Waals surface area (Å²) in [5, 5.41) is 12.7. The molecule has 0 aliphatic heterocycles. The zero-order valence-electron chi connectivity index (χ0n) is 12.8. The number of alkyl carbamates (subject to hydrolysis) is 1. The van der Waals surface area contributed by atoms with E-state index in [1.165, 1.54) is 0 Å². The molecule has 0 spiro atoms. The van der Waals surface area contributed by atoms with Crippen molar-refractivity contribution in [2.75, 3.05) is 6.61 Å². The van der Waals surface area contributed by atoms with Gasteiger partial charge in [-0.3, -0.25) is 0 Å². The molecule has 2 aromatic rings. The number of hydrogen-bond acceptors (Lipinski definition) is 3. The van der Waals surface area contributed by atoms with Crippen LogP contribution in [0.1, 0.15) is 25.3 Å². The molecule has 0 radical (unpaired) electrons. The molecule has 0 bridgehead atoms. The number of amides is 1. The smallest absolute Gasteiger partial charge is 0.407 e. The van der Waals surface area contributed by atoms with Crippen LogP contribution in [0.2, 0.25) is 0 Å². The number of carboxylic acids is 1. The summed E-state index contributed by atoms with van der Waals surface area (Å²) in [6.07, 6.45) is 2.89. The Labute approximate surface area is 142 Å². The van der Waals surface area contributed by atoms with E-state index < -0.39 is 18.1 Å². The number of unbranched alkanes of at least 4 members (excludes halogenated alkanes) is 1. The lowest BCUT2D eigenvalue weighted by molar-refractivity contribution is -0.139. The van der Waals surface area contributed by atoms with Crippen molar-refractivity contribution in [3.05, 3.63) is 34.4 Å². The van der Waals surface area contributed by atoms with E-state index in [2.05, 4.69) is 26.2 Å². The quantitative estimate of drug-likeness (QED) is 0.639. The molecule has 7 heteroatoms. The van der Waals surface area contributed by atoms with Crippen molar-refractivity contribution >= 4 is 38.9 Å². The van der Waals surface area contributed by atoms with Gasteiger partial charge in [-0.2, -0.15) is 0 Å². The minimum Gasteiger partial charge on any atom is -0.480 e. The molecule has 0 saturated carbocycles. The molecule has 0 aliphatic rings. The van der Waals surface area contributed by atoms with Crippen LogP contribution in [0.15, 0.2) is 28.9 Å². The van der Waals surface area contributed by atoms with Crippen molar-refractivity contribution in [2.24, 2.45) is 0 Å². The molecule has 0 aliphatic carbocycles. The van der Waals surface area contributed by atoms with Gasteiger partial charge in [0.2, 0.25) is 0 Å². The first-order chi connectivity index (χ1) is 11.0. The number of rotatable bonds is 7. The number of fused-ring (bicyclic) bond motifs is 1. The predicted molar refractivity (Wildman–Crippen MR) is 90.5 cm³/mol. The van der Waals surface area contributed by atoms with Crippen LogP contribution in [0.4, 0.5) is 4.79 Å². The van der Waals surface area contributed by atoms with E-state index in [1.54, 1.807) is 6.20 Å². The number of H-pyrrole nitrogens is 1. The molecule has 124 valence electrons. The Morgan fingerprint density at radius 3 is 2.91 bits per heavy atom. The molecular weight excluding hydrogens is 364 g/mol. The highest BCUT2D eigenvalue weighted by atomic mass is 79.9. The first-order valence-electron chi connectivity index (χ1n) is 7.43. The van der Waals surface area contributed by atoms with Crippen molar-refractivity contribution < 1.29 is 19.4 Å². The third kappa shape index (κ3) is 4.72. The Morgan fingerprint density at radius 2 is 2.22 bits per heavy atom. The summed E-state index contributed by atoms with van der Waals surface area (Å²) < 4.78 is 5.87. The van der Waals surface area contributed by atoms with E-state index in [4.69, 9.17) is 4.74 Å². The molecule has 0 fully saturated rings. The lowest BCUT2D eigenvalue weighted by atomic mass is 10.1. The van der Waals surface area contributed by atoms with Gasteiger partial charge in [0.05, 0.1) is 6.61 Å². The predicted octanol–water partition coefficient (Wildman–Crippen LogP) is 3.45. The van der Waals surface area contributed by atoms with Crippen molar-refractivity contribution in [3.63, 3.8) is 0 Å². The molecule has 1 atom stereocenters. The average molecular weight is 383 g/mol. The van der Waals surface area contributed by atoms with E-state index in [1.807, 2.05) is 25.1 Å². The normalized spacial score (nSPS) is 12.1. The van der Waals surface area contributed by atoms with Crippen LogP contribution in [0.25, 0.3) is 10.9 Å². The summed E-state index contributed by atoms with van der Waals surface area (Å²) in [7, 11) is 0. The van der Waals surface area contributed by atoms with E-state index in [-0.39, 0.29) is 13.0 Å². The van der Waals surface area contributed by atoms with Crippen LogP contribution in [-0.4, -0.2) is 34.8 Å². The van der Waals surface area contributed by atoms with Gasteiger partial charge in [0.25, 0.3) is 0 Å². The van der Waals surface area contributed by atoms with E-state index in [9.17, 15) is 14.7 Å². The molecule has 1 aromatic heterocycles. The van der Waals surface area contributed by atoms with Crippen molar-refractivity contribution in [1.29, 1.82) is 0 Å². The molecule has 1 aromatic carbocycles. The standard InChI is InChI=1S/C16H19BrN2O4/c1-2-3-6-23-16(22)19-14(15(20)21)7-10-9-18-13-5-4-11(17)8-12(10)13/h4-5,8-9,14,18H,2-3,6-7H2,1H3,(H,19,22)(H,20,21)/t14-/m0/s1. The second-order valence-corrected chi connectivity index (χ2v) is 6.15. The fourth-order valence-electron chi connectivity index (χ4n) is 2.23. The summed E-state index contributed by atoms with van der Waals surface area (Å²) in [4.78, 5) is 26.2. The SMILES string of the molecule is CCCCOC(=O)N[C@@H](Cc1c[nH]c2ccc(Br)cc12)C(=O)O. The van der Waals surface area contributed by atoms with Gasteiger partial charge in [-0.1, -0.05) is 29.3 Å². The fourth-order valence-corrected chi connectivity index (χ4v) is 2.59. The molecule has 6 nitrogen and oxygen atoms in total. The van der Waals surface area contributed by atoms with Gasteiger partial charge >= 0.3 is 12.1 Å². The molecule has 2 rings (SSSR count). The topological polar surface area (TPSA) is 91.4 Å². The van der Waals surface area contributed by atoms with Crippen LogP contribution in [0.5, 0.6) is 0 Å². The zero-order chi connectivity index (χ0) is 16.8. The van der Waals surface area contributed by atoms with Crippen LogP contribution in [0, 0.1) is 0 Å². The van der Waals surface area contributed by atoms with E-state index in [0.717, 1.165) is 33.8 Å². The number of ether oxygens (including phenoxy) is 1. The number of aromatic nitrogens is 1. The lowest BCUT2D eigenvalue weighted by Crippen LogP contribution is -2.42. The Hall–Kier alpha value is -2.02. The molecule has 23 heavy (non-hydrogen) atoms. The summed E-state index contributed by atoms with van der Waals surface area (Å²) in [6.45, 7) is 2.27. The highest BCUT2D eigenvalue weighted by Crippen LogP contribution is 2.23. The maximum absolute atomic E-state index is 11.7. The first-order valence-corrected chi connectivity index (χ1v) is 8.22. The van der Waals surface area contributed by atoms with Gasteiger partial charge in [-0.05, 0) is 30.2 Å². The average Bonchev–Trinajstić information content (AvgIpc) is 2.89. The third-order valence-electron chi connectivity index (χ3n) is 3.47. The number of carbonyl (C=O) groups is 2. The highest BCUT2D eigenvalue weighted by molar-refractivity contribution is 9.10. The maximum Gasteiger partial charge on any atom is 0.407 e. The van der Waals surface area contributed by atoms with Crippen molar-refractivity contribution in [1.82, 2.24) is 10.3 Å². The fraction of sp³-hybridized carbons (Fsp3) is 0.375. The molecule has 1 heterocycles. The van der Waals surface area contributed by atoms with E-state index in [0.29, 0.717) is 0 Å². The monoisotopic (exact) mass is 382 g/mol. The number of halogens is 1. The Morgan fingerprint density at radius 1 is 1.43 bits per heavy atom. The number of aromatic amines is 1. The highest BCUT2D eigenvalue weighted by Gasteiger charge is 2.22. The van der Waals surface area contributed by atoms with Crippen LogP contribution in [-0.2, 0) is 16.0 Å². The minimum atomic E-state index is -1.10. The molecule has 0 unspecified atom stereocenters. The first kappa shape index (κ1) is 17.3. The van der Waals surface area contributed by atoms with Crippen LogP contribution < -0.4 is 5.32 Å². The number of carboxylic acid groups (broad SMARTS) is 1. The number of hydrogen-bond donors (Lipinski definition) is 3. The van der Waals surface area contributed by atoms with Gasteiger partial charge in [-0.25, -0.2) is 9.59 Å². The number of nitrogens with one attached hydrogen (secondary N) is 2. The lowest BCUT2D eigenvalue weighted by Gasteiger charge is -2.14. The van der Waals surface area contributed by atoms with E-state index >= 15 is 0 Å². The Kier molecular flexibility index (Phi) is 6.04. The third-order valence-corrected chi connectivity index (χ3v) is 3.97. The number of aliphatic carboxylic acids is 1.